The van der Waals surface area contributed by atoms with E-state index >= 15 is 0 Å². The van der Waals surface area contributed by atoms with Crippen LogP contribution < -0.4 is 19.1 Å². The summed E-state index contributed by atoms with van der Waals surface area (Å²) in [4.78, 5) is 29.7. The number of hydrogen-bond acceptors (Lipinski definition) is 9. The Balaban J connectivity index is 1.33. The minimum Gasteiger partial charge on any atom is -0.491 e. The monoisotopic (exact) mass is 767 g/mol. The summed E-state index contributed by atoms with van der Waals surface area (Å²) in [5.41, 5.74) is 3.62. The van der Waals surface area contributed by atoms with Gasteiger partial charge in [-0.15, -0.1) is 9.46 Å². The number of benzene rings is 2. The number of amides is 2. The molecular weight excluding hydrogens is 718 g/mol. The first-order valence-electron chi connectivity index (χ1n) is 18.2. The van der Waals surface area contributed by atoms with Crippen molar-refractivity contribution >= 4 is 39.0 Å². The number of carbonyl (C=O) groups is 2. The molecule has 3 aliphatic rings. The number of aromatic nitrogens is 2. The van der Waals surface area contributed by atoms with E-state index in [1.165, 1.54) is 29.1 Å². The summed E-state index contributed by atoms with van der Waals surface area (Å²) >= 11 is 6.31. The van der Waals surface area contributed by atoms with Crippen molar-refractivity contribution in [1.29, 1.82) is 0 Å². The second kappa shape index (κ2) is 17.0. The maximum absolute atomic E-state index is 14.5. The standard InChI is InChI=1S/C39H50ClN5O7S/c1-25-9-12-30(40)19-27(25)8-6-7-26-21-45-22-29-10-14-32(29)35(50-4)16-13-31(49-3)17-18-53(48,43-38(47)33-23-44(2)41-39(33)51-5)42-37(46)28-11-15-36(52-24-26)34(45)20-28/h9,11-13,15-16,19-20,23,26,29,31-32,35H,6-8,10,14,17-18,21-22,24H2,1-5H3,(H,42,43,46,47,48)/b16-13+/t26-,29+,31-,32-,35+,53?/m1/s1. The van der Waals surface area contributed by atoms with Gasteiger partial charge in [0.05, 0.1) is 37.4 Å². The lowest BCUT2D eigenvalue weighted by atomic mass is 9.70. The summed E-state index contributed by atoms with van der Waals surface area (Å²) in [6.07, 6.45) is 9.98. The molecule has 1 fully saturated rings. The highest BCUT2D eigenvalue weighted by atomic mass is 35.5. The van der Waals surface area contributed by atoms with Crippen LogP contribution in [0, 0.1) is 24.7 Å². The molecule has 1 N–H and O–H groups in total. The molecular formula is C39H50ClN5O7S. The second-order valence-corrected chi connectivity index (χ2v) is 16.8. The Bertz CT molecular complexity index is 1960. The first-order chi connectivity index (χ1) is 25.5. The van der Waals surface area contributed by atoms with Crippen molar-refractivity contribution in [3.8, 4) is 11.6 Å². The zero-order valence-corrected chi connectivity index (χ0v) is 32.7. The molecule has 53 heavy (non-hydrogen) atoms. The van der Waals surface area contributed by atoms with Crippen LogP contribution in [-0.2, 0) is 32.9 Å². The number of methoxy groups -OCH3 is 3. The molecule has 0 spiro atoms. The minimum atomic E-state index is -3.65. The Hall–Kier alpha value is -3.91. The Kier molecular flexibility index (Phi) is 12.5. The largest absolute Gasteiger partial charge is 0.491 e. The molecule has 14 heteroatoms. The van der Waals surface area contributed by atoms with Gasteiger partial charge in [0.2, 0.25) is 5.88 Å². The zero-order valence-electron chi connectivity index (χ0n) is 31.1. The number of nitrogens with one attached hydrogen (secondary N) is 1. The van der Waals surface area contributed by atoms with Crippen LogP contribution in [0.4, 0.5) is 5.69 Å². The molecule has 3 heterocycles. The fraction of sp³-hybridized carbons (Fsp3) is 0.513. The third-order valence-corrected chi connectivity index (χ3v) is 12.7. The van der Waals surface area contributed by atoms with Gasteiger partial charge in [0.25, 0.3) is 11.8 Å². The van der Waals surface area contributed by atoms with Gasteiger partial charge in [-0.05, 0) is 98.7 Å². The highest BCUT2D eigenvalue weighted by molar-refractivity contribution is 7.92. The van der Waals surface area contributed by atoms with Crippen LogP contribution in [0.1, 0.15) is 63.9 Å². The summed E-state index contributed by atoms with van der Waals surface area (Å²) in [6, 6.07) is 11.3. The van der Waals surface area contributed by atoms with E-state index in [-0.39, 0.29) is 47.1 Å². The fourth-order valence-corrected chi connectivity index (χ4v) is 9.30. The molecule has 2 aliphatic heterocycles. The lowest BCUT2D eigenvalue weighted by molar-refractivity contribution is 0.0125. The van der Waals surface area contributed by atoms with Crippen molar-refractivity contribution in [2.24, 2.45) is 29.2 Å². The number of halogens is 1. The van der Waals surface area contributed by atoms with Crippen molar-refractivity contribution in [2.75, 3.05) is 51.7 Å². The molecule has 286 valence electrons. The van der Waals surface area contributed by atoms with E-state index in [1.807, 2.05) is 18.2 Å². The van der Waals surface area contributed by atoms with E-state index in [4.69, 9.17) is 30.5 Å². The predicted molar refractivity (Wildman–Crippen MR) is 205 cm³/mol. The molecule has 6 atom stereocenters. The smallest absolute Gasteiger partial charge is 0.286 e. The van der Waals surface area contributed by atoms with Crippen molar-refractivity contribution < 1.29 is 32.7 Å². The third-order valence-electron chi connectivity index (χ3n) is 10.7. The maximum atomic E-state index is 14.5. The Labute approximate surface area is 317 Å². The highest BCUT2D eigenvalue weighted by Gasteiger charge is 2.39. The molecule has 0 radical (unpaired) electrons. The van der Waals surface area contributed by atoms with Gasteiger partial charge in [0.1, 0.15) is 21.2 Å². The van der Waals surface area contributed by atoms with Crippen LogP contribution in [0.25, 0.3) is 0 Å². The van der Waals surface area contributed by atoms with Crippen LogP contribution in [0.5, 0.6) is 11.6 Å². The van der Waals surface area contributed by atoms with Crippen molar-refractivity contribution in [1.82, 2.24) is 14.5 Å². The minimum absolute atomic E-state index is 0.0638. The van der Waals surface area contributed by atoms with Crippen LogP contribution in [0.2, 0.25) is 5.02 Å². The topological polar surface area (TPSA) is 134 Å². The quantitative estimate of drug-likeness (QED) is 0.253. The molecule has 12 nitrogen and oxygen atoms in total. The predicted octanol–water partition coefficient (Wildman–Crippen LogP) is 6.20. The van der Waals surface area contributed by atoms with Gasteiger partial charge in [0.15, 0.2) is 0 Å². The van der Waals surface area contributed by atoms with E-state index in [0.717, 1.165) is 55.9 Å². The van der Waals surface area contributed by atoms with Crippen LogP contribution >= 0.6 is 11.6 Å². The van der Waals surface area contributed by atoms with E-state index in [1.54, 1.807) is 39.5 Å². The Morgan fingerprint density at radius 3 is 2.64 bits per heavy atom. The third kappa shape index (κ3) is 9.25. The number of aryl methyl sites for hydroxylation is 3. The molecule has 1 saturated carbocycles. The SMILES string of the molecule is COc1nn(C)cc1C(=O)NS1(=O)=NC(=O)c2ccc3c(c2)N(C[C@@H](CCCc2cc(Cl)ccc2C)CO3)C[C@@H]2CC[C@H]2[C@@H](OC)/C=C/[C@@H](OC)CC1. The van der Waals surface area contributed by atoms with Gasteiger partial charge in [-0.1, -0.05) is 29.8 Å². The number of rotatable bonds is 9. The molecule has 1 unspecified atom stereocenters. The van der Waals surface area contributed by atoms with Crippen LogP contribution in [-0.4, -0.2) is 84.8 Å². The molecule has 2 bridgehead atoms. The van der Waals surface area contributed by atoms with Crippen molar-refractivity contribution in [3.05, 3.63) is 82.0 Å². The maximum Gasteiger partial charge on any atom is 0.286 e. The lowest BCUT2D eigenvalue weighted by Gasteiger charge is -2.43. The van der Waals surface area contributed by atoms with E-state index in [0.29, 0.717) is 18.3 Å². The molecule has 1 aromatic heterocycles. The fourth-order valence-electron chi connectivity index (χ4n) is 7.54. The molecule has 2 aromatic carbocycles. The summed E-state index contributed by atoms with van der Waals surface area (Å²) in [6.45, 7) is 4.17. The Morgan fingerprint density at radius 2 is 1.91 bits per heavy atom. The van der Waals surface area contributed by atoms with Gasteiger partial charge >= 0.3 is 0 Å². The van der Waals surface area contributed by atoms with Gasteiger partial charge in [-0.2, -0.15) is 0 Å². The molecule has 3 aromatic rings. The molecule has 1 aliphatic carbocycles. The molecule has 0 saturated heterocycles. The first-order valence-corrected chi connectivity index (χ1v) is 20.2. The summed E-state index contributed by atoms with van der Waals surface area (Å²) in [5, 5.41) is 4.88. The average molecular weight is 768 g/mol. The zero-order chi connectivity index (χ0) is 37.7. The lowest BCUT2D eigenvalue weighted by Crippen LogP contribution is -2.44. The summed E-state index contributed by atoms with van der Waals surface area (Å²) < 4.78 is 46.1. The van der Waals surface area contributed by atoms with Gasteiger partial charge in [0, 0.05) is 57.1 Å². The van der Waals surface area contributed by atoms with E-state index in [9.17, 15) is 13.8 Å². The van der Waals surface area contributed by atoms with E-state index in [2.05, 4.69) is 38.1 Å². The normalized spacial score (nSPS) is 26.6. The highest BCUT2D eigenvalue weighted by Crippen LogP contribution is 2.42. The summed E-state index contributed by atoms with van der Waals surface area (Å²) in [5.74, 6) is 0.0857. The van der Waals surface area contributed by atoms with Crippen LogP contribution in [0.3, 0.4) is 0 Å². The number of hydrogen-bond donors (Lipinski definition) is 1. The molecule has 6 rings (SSSR count). The second-order valence-electron chi connectivity index (χ2n) is 14.3. The van der Waals surface area contributed by atoms with Gasteiger partial charge in [-0.3, -0.25) is 19.0 Å². The average Bonchev–Trinajstić information content (AvgIpc) is 3.43. The van der Waals surface area contributed by atoms with Gasteiger partial charge in [-0.25, -0.2) is 4.21 Å². The van der Waals surface area contributed by atoms with Crippen LogP contribution in [0.15, 0.2) is 59.1 Å². The van der Waals surface area contributed by atoms with E-state index < -0.39 is 27.8 Å². The van der Waals surface area contributed by atoms with Gasteiger partial charge < -0.3 is 23.8 Å². The summed E-state index contributed by atoms with van der Waals surface area (Å²) in [7, 11) is 2.68. The molecule has 2 amide bonds. The first kappa shape index (κ1) is 38.8. The van der Waals surface area contributed by atoms with Crippen molar-refractivity contribution in [2.45, 2.75) is 57.7 Å². The number of fused-ring (bicyclic) bond motifs is 2. The Morgan fingerprint density at radius 1 is 1.08 bits per heavy atom. The van der Waals surface area contributed by atoms with Crippen molar-refractivity contribution in [3.63, 3.8) is 0 Å². The number of carbonyl (C=O) groups excluding carboxylic acids is 2. The number of ether oxygens (including phenoxy) is 4. The number of anilines is 1. The number of nitrogens with zero attached hydrogens (tertiary/aromatic N) is 4.